The summed E-state index contributed by atoms with van der Waals surface area (Å²) < 4.78 is 10.6. The van der Waals surface area contributed by atoms with Gasteiger partial charge in [-0.1, -0.05) is 24.3 Å². The molecule has 1 heterocycles. The number of ether oxygens (including phenoxy) is 2. The van der Waals surface area contributed by atoms with Crippen molar-refractivity contribution in [1.29, 1.82) is 0 Å². The number of benzene rings is 2. The lowest BCUT2D eigenvalue weighted by molar-refractivity contribution is -0.128. The molecule has 5 heteroatoms. The first-order valence-electron chi connectivity index (χ1n) is 8.43. The monoisotopic (exact) mass is 357 g/mol. The Balaban J connectivity index is 1.65. The molecule has 132 valence electrons. The van der Waals surface area contributed by atoms with Crippen LogP contribution in [0, 0.1) is 0 Å². The third kappa shape index (κ3) is 4.28. The number of nitrogens with zero attached hydrogens (tertiary/aromatic N) is 1. The highest BCUT2D eigenvalue weighted by Gasteiger charge is 2.31. The maximum atomic E-state index is 12.3. The number of hydrogen-bond acceptors (Lipinski definition) is 4. The highest BCUT2D eigenvalue weighted by Crippen LogP contribution is 2.34. The number of rotatable bonds is 7. The van der Waals surface area contributed by atoms with Gasteiger partial charge in [0.05, 0.1) is 19.6 Å². The SMILES string of the molecule is COc1ccc(CCN2C(=O)CCC2Sc2ccccc2)cc1OC. The molecule has 1 unspecified atom stereocenters. The minimum atomic E-state index is 0.218. The first kappa shape index (κ1) is 17.7. The molecule has 1 atom stereocenters. The molecule has 1 saturated heterocycles. The summed E-state index contributed by atoms with van der Waals surface area (Å²) in [6.07, 6.45) is 2.35. The summed E-state index contributed by atoms with van der Waals surface area (Å²) in [6, 6.07) is 16.2. The number of carbonyl (C=O) groups is 1. The maximum absolute atomic E-state index is 12.3. The number of thioether (sulfide) groups is 1. The van der Waals surface area contributed by atoms with E-state index in [0.717, 1.165) is 36.4 Å². The topological polar surface area (TPSA) is 38.8 Å². The van der Waals surface area contributed by atoms with E-state index in [1.54, 1.807) is 26.0 Å². The van der Waals surface area contributed by atoms with E-state index in [4.69, 9.17) is 9.47 Å². The van der Waals surface area contributed by atoms with Gasteiger partial charge in [0.15, 0.2) is 11.5 Å². The van der Waals surface area contributed by atoms with Gasteiger partial charge in [-0.05, 0) is 42.7 Å². The number of methoxy groups -OCH3 is 2. The van der Waals surface area contributed by atoms with E-state index in [-0.39, 0.29) is 11.3 Å². The summed E-state index contributed by atoms with van der Waals surface area (Å²) in [5.41, 5.74) is 1.14. The van der Waals surface area contributed by atoms with Crippen molar-refractivity contribution in [3.63, 3.8) is 0 Å². The summed E-state index contributed by atoms with van der Waals surface area (Å²) in [5, 5.41) is 0.218. The molecular weight excluding hydrogens is 334 g/mol. The smallest absolute Gasteiger partial charge is 0.223 e. The molecule has 1 fully saturated rings. The maximum Gasteiger partial charge on any atom is 0.223 e. The van der Waals surface area contributed by atoms with Crippen LogP contribution in [0.4, 0.5) is 0 Å². The molecule has 0 saturated carbocycles. The Labute approximate surface area is 153 Å². The van der Waals surface area contributed by atoms with Gasteiger partial charge >= 0.3 is 0 Å². The third-order valence-corrected chi connectivity index (χ3v) is 5.68. The highest BCUT2D eigenvalue weighted by molar-refractivity contribution is 8.00. The number of carbonyl (C=O) groups excluding carboxylic acids is 1. The van der Waals surface area contributed by atoms with Crippen molar-refractivity contribution in [2.24, 2.45) is 0 Å². The third-order valence-electron chi connectivity index (χ3n) is 4.38. The molecule has 1 amide bonds. The van der Waals surface area contributed by atoms with Crippen LogP contribution in [-0.2, 0) is 11.2 Å². The average molecular weight is 357 g/mol. The van der Waals surface area contributed by atoms with E-state index >= 15 is 0 Å². The molecule has 1 aliphatic heterocycles. The van der Waals surface area contributed by atoms with E-state index in [1.165, 1.54) is 4.90 Å². The van der Waals surface area contributed by atoms with Gasteiger partial charge in [0.1, 0.15) is 0 Å². The zero-order valence-electron chi connectivity index (χ0n) is 14.6. The van der Waals surface area contributed by atoms with Crippen LogP contribution in [0.2, 0.25) is 0 Å². The van der Waals surface area contributed by atoms with Crippen molar-refractivity contribution in [1.82, 2.24) is 4.90 Å². The molecule has 0 aromatic heterocycles. The van der Waals surface area contributed by atoms with Gasteiger partial charge in [-0.2, -0.15) is 0 Å². The lowest BCUT2D eigenvalue weighted by Gasteiger charge is -2.24. The van der Waals surface area contributed by atoms with E-state index < -0.39 is 0 Å². The van der Waals surface area contributed by atoms with E-state index in [1.807, 2.05) is 41.3 Å². The van der Waals surface area contributed by atoms with Crippen molar-refractivity contribution < 1.29 is 14.3 Å². The Hall–Kier alpha value is -2.14. The molecule has 2 aromatic rings. The normalized spacial score (nSPS) is 17.0. The van der Waals surface area contributed by atoms with Gasteiger partial charge in [-0.3, -0.25) is 4.79 Å². The Kier molecular flexibility index (Phi) is 5.87. The predicted molar refractivity (Wildman–Crippen MR) is 100 cm³/mol. The Morgan fingerprint density at radius 1 is 1.08 bits per heavy atom. The Morgan fingerprint density at radius 2 is 1.84 bits per heavy atom. The van der Waals surface area contributed by atoms with Gasteiger partial charge in [0, 0.05) is 17.9 Å². The summed E-state index contributed by atoms with van der Waals surface area (Å²) in [6.45, 7) is 0.721. The summed E-state index contributed by atoms with van der Waals surface area (Å²) in [7, 11) is 3.27. The van der Waals surface area contributed by atoms with Crippen molar-refractivity contribution in [2.45, 2.75) is 29.5 Å². The van der Waals surface area contributed by atoms with Gasteiger partial charge < -0.3 is 14.4 Å². The second-order valence-electron chi connectivity index (χ2n) is 5.95. The fourth-order valence-corrected chi connectivity index (χ4v) is 4.25. The van der Waals surface area contributed by atoms with Crippen LogP contribution in [0.3, 0.4) is 0 Å². The van der Waals surface area contributed by atoms with E-state index in [0.29, 0.717) is 6.42 Å². The Bertz CT molecular complexity index is 720. The molecule has 0 spiro atoms. The van der Waals surface area contributed by atoms with E-state index in [9.17, 15) is 4.79 Å². The average Bonchev–Trinajstić information content (AvgIpc) is 3.00. The largest absolute Gasteiger partial charge is 0.493 e. The molecule has 0 radical (unpaired) electrons. The van der Waals surface area contributed by atoms with Crippen LogP contribution < -0.4 is 9.47 Å². The molecule has 25 heavy (non-hydrogen) atoms. The van der Waals surface area contributed by atoms with Gasteiger partial charge in [0.2, 0.25) is 5.91 Å². The van der Waals surface area contributed by atoms with Crippen molar-refractivity contribution >= 4 is 17.7 Å². The van der Waals surface area contributed by atoms with Crippen LogP contribution >= 0.6 is 11.8 Å². The lowest BCUT2D eigenvalue weighted by atomic mass is 10.1. The zero-order valence-corrected chi connectivity index (χ0v) is 15.4. The standard InChI is InChI=1S/C20H23NO3S/c1-23-17-9-8-15(14-18(17)24-2)12-13-21-19(22)10-11-20(21)25-16-6-4-3-5-7-16/h3-9,14,20H,10-13H2,1-2H3. The molecule has 1 aliphatic rings. The van der Waals surface area contributed by atoms with Crippen molar-refractivity contribution in [3.05, 3.63) is 54.1 Å². The van der Waals surface area contributed by atoms with Crippen LogP contribution in [0.25, 0.3) is 0 Å². The van der Waals surface area contributed by atoms with Gasteiger partial charge in [0.25, 0.3) is 0 Å². The first-order valence-corrected chi connectivity index (χ1v) is 9.31. The second kappa shape index (κ2) is 8.30. The van der Waals surface area contributed by atoms with Crippen LogP contribution in [0.15, 0.2) is 53.4 Å². The molecular formula is C20H23NO3S. The number of hydrogen-bond donors (Lipinski definition) is 0. The van der Waals surface area contributed by atoms with Crippen LogP contribution in [-0.4, -0.2) is 36.9 Å². The first-order chi connectivity index (χ1) is 12.2. The fourth-order valence-electron chi connectivity index (χ4n) is 3.04. The Morgan fingerprint density at radius 3 is 2.56 bits per heavy atom. The second-order valence-corrected chi connectivity index (χ2v) is 7.20. The lowest BCUT2D eigenvalue weighted by Crippen LogP contribution is -2.32. The van der Waals surface area contributed by atoms with Gasteiger partial charge in [-0.15, -0.1) is 11.8 Å². The predicted octanol–water partition coefficient (Wildman–Crippen LogP) is 3.99. The quantitative estimate of drug-likeness (QED) is 0.751. The number of amides is 1. The zero-order chi connectivity index (χ0) is 17.6. The molecule has 0 N–H and O–H groups in total. The molecule has 4 nitrogen and oxygen atoms in total. The molecule has 0 bridgehead atoms. The van der Waals surface area contributed by atoms with Crippen molar-refractivity contribution in [2.75, 3.05) is 20.8 Å². The fraction of sp³-hybridized carbons (Fsp3) is 0.350. The minimum Gasteiger partial charge on any atom is -0.493 e. The molecule has 3 rings (SSSR count). The summed E-state index contributed by atoms with van der Waals surface area (Å²) >= 11 is 1.77. The van der Waals surface area contributed by atoms with Crippen LogP contribution in [0.1, 0.15) is 18.4 Å². The molecule has 2 aromatic carbocycles. The van der Waals surface area contributed by atoms with Crippen LogP contribution in [0.5, 0.6) is 11.5 Å². The highest BCUT2D eigenvalue weighted by atomic mass is 32.2. The van der Waals surface area contributed by atoms with E-state index in [2.05, 4.69) is 12.1 Å². The van der Waals surface area contributed by atoms with Gasteiger partial charge in [-0.25, -0.2) is 0 Å². The minimum absolute atomic E-state index is 0.218. The van der Waals surface area contributed by atoms with Crippen molar-refractivity contribution in [3.8, 4) is 11.5 Å². The number of likely N-dealkylation sites (tertiary alicyclic amines) is 1. The summed E-state index contributed by atoms with van der Waals surface area (Å²) in [4.78, 5) is 15.5. The summed E-state index contributed by atoms with van der Waals surface area (Å²) in [5.74, 6) is 1.69. The molecule has 0 aliphatic carbocycles.